The number of ketones is 5. The van der Waals surface area contributed by atoms with Gasteiger partial charge in [-0.1, -0.05) is 123 Å². The van der Waals surface area contributed by atoms with Gasteiger partial charge in [-0.05, 0) is 229 Å². The van der Waals surface area contributed by atoms with E-state index in [4.69, 9.17) is 0 Å². The number of nitrogens with zero attached hydrogens (tertiary/aromatic N) is 13. The van der Waals surface area contributed by atoms with Crippen LogP contribution in [0.5, 0.6) is 0 Å². The molecule has 5 aromatic heterocycles. The van der Waals surface area contributed by atoms with Gasteiger partial charge >= 0.3 is 0 Å². The molecule has 25 heteroatoms. The summed E-state index contributed by atoms with van der Waals surface area (Å²) in [5.41, 5.74) is 37.7. The number of hydrogen-bond donors (Lipinski definition) is 7. The first-order chi connectivity index (χ1) is 68.2. The minimum absolute atomic E-state index is 0.133. The van der Waals surface area contributed by atoms with E-state index in [0.29, 0.717) is 93.4 Å². The monoisotopic (exact) mass is 1880 g/mol. The van der Waals surface area contributed by atoms with Gasteiger partial charge in [0.15, 0.2) is 0 Å². The van der Waals surface area contributed by atoms with Crippen molar-refractivity contribution in [1.29, 1.82) is 0 Å². The molecular weight excluding hydrogens is 1750 g/mol. The lowest BCUT2D eigenvalue weighted by Crippen LogP contribution is -2.27. The third-order valence-electron chi connectivity index (χ3n) is 28.1. The Morgan fingerprint density at radius 3 is 0.965 bits per heavy atom. The number of benzene rings is 10. The fourth-order valence-corrected chi connectivity index (χ4v) is 21.2. The Morgan fingerprint density at radius 1 is 0.277 bits per heavy atom. The first-order valence-electron chi connectivity index (χ1n) is 49.7. The number of aromatic nitrogens is 10. The van der Waals surface area contributed by atoms with Crippen LogP contribution in [0.4, 0.5) is 85.3 Å². The number of nitrogens with one attached hydrogen (secondary N) is 7. The van der Waals surface area contributed by atoms with Gasteiger partial charge in [-0.3, -0.25) is 47.4 Å². The lowest BCUT2D eigenvalue weighted by molar-refractivity contribution is -0.119. The molecule has 720 valence electrons. The van der Waals surface area contributed by atoms with Gasteiger partial charge in [0.25, 0.3) is 0 Å². The number of fused-ring (bicyclic) bond motifs is 8. The zero-order chi connectivity index (χ0) is 97.8. The van der Waals surface area contributed by atoms with E-state index < -0.39 is 0 Å². The van der Waals surface area contributed by atoms with Gasteiger partial charge in [-0.2, -0.15) is 25.5 Å². The third kappa shape index (κ3) is 21.6. The van der Waals surface area contributed by atoms with Crippen molar-refractivity contribution in [3.63, 3.8) is 0 Å². The van der Waals surface area contributed by atoms with Gasteiger partial charge in [0, 0.05) is 237 Å². The van der Waals surface area contributed by atoms with Gasteiger partial charge in [0.1, 0.15) is 28.9 Å². The van der Waals surface area contributed by atoms with E-state index in [-0.39, 0.29) is 41.8 Å². The van der Waals surface area contributed by atoms with E-state index in [0.717, 1.165) is 163 Å². The van der Waals surface area contributed by atoms with E-state index in [9.17, 15) is 24.0 Å². The summed E-state index contributed by atoms with van der Waals surface area (Å²) in [6, 6.07) is 68.7. The quantitative estimate of drug-likeness (QED) is 0.0599. The van der Waals surface area contributed by atoms with Crippen molar-refractivity contribution >= 4 is 114 Å². The zero-order valence-corrected chi connectivity index (χ0v) is 82.7. The molecule has 23 rings (SSSR count). The van der Waals surface area contributed by atoms with Crippen molar-refractivity contribution in [2.75, 3.05) is 71.6 Å². The maximum atomic E-state index is 12.3. The topological polar surface area (TPSA) is 268 Å². The number of hydrogen-bond acceptors (Lipinski definition) is 20. The highest BCUT2D eigenvalue weighted by molar-refractivity contribution is 5.96. The summed E-state index contributed by atoms with van der Waals surface area (Å²) in [5.74, 6) is 2.48. The molecule has 13 heterocycles. The molecular formula is C116H126N20O5. The van der Waals surface area contributed by atoms with E-state index in [1.807, 2.05) is 155 Å². The Bertz CT molecular complexity index is 7000. The highest BCUT2D eigenvalue weighted by atomic mass is 16.1. The first-order valence-corrected chi connectivity index (χ1v) is 49.7. The molecule has 25 nitrogen and oxygen atoms in total. The Hall–Kier alpha value is -15.4. The van der Waals surface area contributed by atoms with Crippen LogP contribution in [-0.4, -0.2) is 128 Å². The van der Waals surface area contributed by atoms with Crippen molar-refractivity contribution in [2.45, 2.75) is 180 Å². The molecule has 7 N–H and O–H groups in total. The van der Waals surface area contributed by atoms with Crippen molar-refractivity contribution in [3.05, 3.63) is 301 Å². The Balaban J connectivity index is 0.000000112. The molecule has 0 saturated heterocycles. The largest absolute Gasteiger partial charge is 0.380 e. The molecule has 8 aliphatic rings. The van der Waals surface area contributed by atoms with Crippen LogP contribution in [0.3, 0.4) is 0 Å². The van der Waals surface area contributed by atoms with Crippen LogP contribution in [-0.2, 0) is 97.7 Å². The summed E-state index contributed by atoms with van der Waals surface area (Å²) >= 11 is 0. The molecule has 0 unspecified atom stereocenters. The van der Waals surface area contributed by atoms with Crippen molar-refractivity contribution < 1.29 is 24.0 Å². The number of para-hydroxylation sites is 5. The number of anilines is 15. The van der Waals surface area contributed by atoms with Crippen molar-refractivity contribution in [2.24, 2.45) is 35.2 Å². The fourth-order valence-electron chi connectivity index (χ4n) is 21.2. The molecule has 0 radical (unpaired) electrons. The second-order valence-corrected chi connectivity index (χ2v) is 39.7. The summed E-state index contributed by atoms with van der Waals surface area (Å²) in [5, 5.41) is 46.3. The lowest BCUT2D eigenvalue weighted by Gasteiger charge is -2.36. The van der Waals surface area contributed by atoms with Gasteiger partial charge < -0.3 is 51.9 Å². The van der Waals surface area contributed by atoms with Crippen molar-refractivity contribution in [1.82, 2.24) is 48.9 Å². The average molecular weight is 1880 g/mol. The first kappa shape index (κ1) is 94.6. The Labute approximate surface area is 825 Å². The second-order valence-electron chi connectivity index (χ2n) is 39.7. The van der Waals surface area contributed by atoms with Crippen LogP contribution in [0.15, 0.2) is 256 Å². The van der Waals surface area contributed by atoms with Crippen molar-refractivity contribution in [3.8, 4) is 55.6 Å². The molecule has 10 aromatic carbocycles. The molecule has 0 amide bonds. The van der Waals surface area contributed by atoms with E-state index >= 15 is 0 Å². The predicted octanol–water partition coefficient (Wildman–Crippen LogP) is 22.9. The van der Waals surface area contributed by atoms with E-state index in [1.165, 1.54) is 67.5 Å². The maximum absolute atomic E-state index is 12.3. The molecule has 8 aliphatic heterocycles. The van der Waals surface area contributed by atoms with Gasteiger partial charge in [-0.25, -0.2) is 0 Å². The summed E-state index contributed by atoms with van der Waals surface area (Å²) < 4.78 is 9.13. The van der Waals surface area contributed by atoms with Gasteiger partial charge in [-0.15, -0.1) is 0 Å². The lowest BCUT2D eigenvalue weighted by atomic mass is 9.88. The van der Waals surface area contributed by atoms with Crippen LogP contribution in [0.25, 0.3) is 55.6 Å². The Morgan fingerprint density at radius 2 is 0.589 bits per heavy atom. The highest BCUT2D eigenvalue weighted by Gasteiger charge is 2.34. The fraction of sp³-hybridized carbons (Fsp3) is 0.310. The van der Waals surface area contributed by atoms with E-state index in [1.54, 1.807) is 9.36 Å². The van der Waals surface area contributed by atoms with Gasteiger partial charge in [0.05, 0.1) is 87.9 Å². The van der Waals surface area contributed by atoms with Crippen LogP contribution in [0.1, 0.15) is 156 Å². The molecule has 0 bridgehead atoms. The summed E-state index contributed by atoms with van der Waals surface area (Å²) in [7, 11) is 9.68. The average Bonchev–Trinajstić information content (AvgIpc) is 1.75. The summed E-state index contributed by atoms with van der Waals surface area (Å²) in [6.07, 6.45) is 29.5. The van der Waals surface area contributed by atoms with E-state index in [2.05, 4.69) is 276 Å². The molecule has 0 saturated carbocycles. The molecule has 0 aliphatic carbocycles. The number of rotatable bonds is 12. The van der Waals surface area contributed by atoms with Crippen LogP contribution < -0.4 is 51.9 Å². The van der Waals surface area contributed by atoms with Crippen LogP contribution >= 0.6 is 0 Å². The number of Topliss-reactive ketones (excluding diaryl/α,β-unsaturated/α-hetero) is 5. The predicted molar refractivity (Wildman–Crippen MR) is 569 cm³/mol. The number of aryl methyl sites for hydroxylation is 6. The van der Waals surface area contributed by atoms with Crippen LogP contribution in [0.2, 0.25) is 0 Å². The number of carbonyl (C=O) groups excluding carboxylic acids is 5. The zero-order valence-electron chi connectivity index (χ0n) is 82.7. The van der Waals surface area contributed by atoms with Gasteiger partial charge in [0.2, 0.25) is 0 Å². The second kappa shape index (κ2) is 41.3. The molecule has 15 aromatic rings. The molecule has 0 fully saturated rings. The summed E-state index contributed by atoms with van der Waals surface area (Å²) in [4.78, 5) is 68.3. The highest BCUT2D eigenvalue weighted by Crippen LogP contribution is 2.50. The SMILES string of the molecule is C[C@@H]1CC(=O)Cc2cccc(N3CCCc4ccc(-c5cnn(C)c5)cc43)c2N1.C[C@@H]1CC(=O)Cc2cccc(N3CC[C@@H](C)c4cc(-c5cnn(C)c5)ccc43)c2N1.C[C@@H]1CC(=O)Cc2cccc(N3CC[C@H](C)c4cc(-c5cnn(C)c5)ccc43)c2N1.C[C@@H]1CC(=O)Cc2cccc(Nc3ccc(-c4cnn(C)c4)cc3)c2N1.C[C@@H]1CC(=O)Cc2cccc(Nc3cccc(-c4cnn(C)c4)c3)c2N1. The normalized spacial score (nSPS) is 18.8. The molecule has 141 heavy (non-hydrogen) atoms. The molecule has 0 spiro atoms. The standard InChI is InChI=1S/2C25H28N4O.C24H26N4O.2C21H22N4O/c2*1-16-9-10-29(23-8-7-18(13-22(16)23)20-14-26-28(3)15-20)24-6-4-5-19-12-21(30)11-17(2)27-25(19)24;1-16-11-21(29)12-19-5-3-7-22(24(19)26-16)28-10-4-6-17-8-9-18(13-23(17)28)20-14-25-27(2)15-20;1-14-9-19(26)11-16-6-4-8-20(21(16)23-14)24-18-7-3-5-15(10-18)17-12-22-25(2)13-17;1-14-10-19(26)11-16-4-3-5-20(21(16)23-14)24-18-8-6-15(7-9-18)17-12-22-25(2)13-17/h2*4-8,13-17,27H,9-12H2,1-3H3;3,5,7-9,13-16,26H,4,6,10-12H2,1-2H3;3-8,10,12-14,23-24H,9,11H2,1-2H3;3-9,12-14,23-24H,10-11H2,1-2H3/t16-,17+;16-,17-;16-;2*14-/m01111/s1. The third-order valence-corrected chi connectivity index (χ3v) is 28.1. The van der Waals surface area contributed by atoms with Crippen LogP contribution in [0, 0.1) is 0 Å². The Kier molecular flexibility index (Phi) is 27.7. The number of carbonyl (C=O) groups is 5. The smallest absolute Gasteiger partial charge is 0.139 e. The minimum Gasteiger partial charge on any atom is -0.380 e. The summed E-state index contributed by atoms with van der Waals surface area (Å²) in [6.45, 7) is 17.9. The minimum atomic E-state index is 0.133. The maximum Gasteiger partial charge on any atom is 0.139 e. The molecule has 7 atom stereocenters.